The summed E-state index contributed by atoms with van der Waals surface area (Å²) in [5, 5.41) is 2.60. The van der Waals surface area contributed by atoms with Gasteiger partial charge in [0.25, 0.3) is 0 Å². The predicted octanol–water partition coefficient (Wildman–Crippen LogP) is 1.93. The first-order valence-corrected chi connectivity index (χ1v) is 6.98. The van der Waals surface area contributed by atoms with Crippen molar-refractivity contribution in [3.05, 3.63) is 35.9 Å². The van der Waals surface area contributed by atoms with Crippen LogP contribution in [0.4, 0.5) is 4.79 Å². The second-order valence-electron chi connectivity index (χ2n) is 4.83. The average molecular weight is 276 g/mol. The van der Waals surface area contributed by atoms with Crippen molar-refractivity contribution in [1.82, 2.24) is 10.2 Å². The minimum absolute atomic E-state index is 0.103. The molecule has 1 aromatic carbocycles. The first kappa shape index (κ1) is 14.4. The van der Waals surface area contributed by atoms with Crippen molar-refractivity contribution in [1.29, 1.82) is 0 Å². The second kappa shape index (κ2) is 7.53. The van der Waals surface area contributed by atoms with E-state index in [9.17, 15) is 9.59 Å². The fourth-order valence-electron chi connectivity index (χ4n) is 2.17. The van der Waals surface area contributed by atoms with Gasteiger partial charge in [0.2, 0.25) is 5.91 Å². The van der Waals surface area contributed by atoms with Crippen molar-refractivity contribution in [2.75, 3.05) is 19.6 Å². The van der Waals surface area contributed by atoms with E-state index in [0.29, 0.717) is 13.0 Å². The molecule has 1 aliphatic heterocycles. The first-order valence-electron chi connectivity index (χ1n) is 6.98. The highest BCUT2D eigenvalue weighted by Gasteiger charge is 2.17. The zero-order valence-electron chi connectivity index (χ0n) is 11.5. The number of hydrogen-bond donors (Lipinski definition) is 1. The molecule has 108 valence electrons. The van der Waals surface area contributed by atoms with E-state index in [1.165, 1.54) is 0 Å². The van der Waals surface area contributed by atoms with Gasteiger partial charge in [-0.25, -0.2) is 4.79 Å². The van der Waals surface area contributed by atoms with Crippen LogP contribution in [0, 0.1) is 0 Å². The minimum Gasteiger partial charge on any atom is -0.445 e. The molecule has 0 bridgehead atoms. The molecule has 5 nitrogen and oxygen atoms in total. The Morgan fingerprint density at radius 1 is 1.15 bits per heavy atom. The van der Waals surface area contributed by atoms with Crippen molar-refractivity contribution in [2.24, 2.45) is 0 Å². The Hall–Kier alpha value is -2.04. The van der Waals surface area contributed by atoms with Crippen molar-refractivity contribution in [3.8, 4) is 0 Å². The van der Waals surface area contributed by atoms with E-state index in [4.69, 9.17) is 4.74 Å². The number of ether oxygens (including phenoxy) is 1. The molecule has 1 aliphatic rings. The largest absolute Gasteiger partial charge is 0.445 e. The maximum absolute atomic E-state index is 11.7. The van der Waals surface area contributed by atoms with E-state index >= 15 is 0 Å². The maximum atomic E-state index is 11.7. The molecule has 1 saturated heterocycles. The molecule has 1 heterocycles. The van der Waals surface area contributed by atoms with Gasteiger partial charge in [-0.05, 0) is 18.4 Å². The van der Waals surface area contributed by atoms with E-state index in [-0.39, 0.29) is 12.5 Å². The van der Waals surface area contributed by atoms with E-state index in [2.05, 4.69) is 5.32 Å². The number of nitrogens with zero attached hydrogens (tertiary/aromatic N) is 1. The summed E-state index contributed by atoms with van der Waals surface area (Å²) in [6.45, 7) is 2.25. The lowest BCUT2D eigenvalue weighted by Gasteiger charge is -2.15. The van der Waals surface area contributed by atoms with Crippen LogP contribution in [0.1, 0.15) is 24.8 Å². The third-order valence-electron chi connectivity index (χ3n) is 3.28. The Morgan fingerprint density at radius 2 is 1.85 bits per heavy atom. The van der Waals surface area contributed by atoms with Gasteiger partial charge < -0.3 is 15.0 Å². The van der Waals surface area contributed by atoms with Crippen LogP contribution in [0.3, 0.4) is 0 Å². The number of carbonyl (C=O) groups is 2. The van der Waals surface area contributed by atoms with E-state index in [1.807, 2.05) is 35.2 Å². The van der Waals surface area contributed by atoms with E-state index in [0.717, 1.165) is 31.5 Å². The Bertz CT molecular complexity index is 442. The molecule has 0 spiro atoms. The Morgan fingerprint density at radius 3 is 2.55 bits per heavy atom. The van der Waals surface area contributed by atoms with Crippen molar-refractivity contribution in [2.45, 2.75) is 25.9 Å². The number of likely N-dealkylation sites (tertiary alicyclic amines) is 1. The third kappa shape index (κ3) is 4.57. The summed E-state index contributed by atoms with van der Waals surface area (Å²) in [5.41, 5.74) is 0.941. The number of carbonyl (C=O) groups excluding carboxylic acids is 2. The molecule has 2 amide bonds. The number of nitrogens with one attached hydrogen (secondary N) is 1. The fraction of sp³-hybridized carbons (Fsp3) is 0.467. The van der Waals surface area contributed by atoms with Crippen LogP contribution >= 0.6 is 0 Å². The molecule has 0 atom stereocenters. The highest BCUT2D eigenvalue weighted by molar-refractivity contribution is 5.77. The number of rotatable bonds is 5. The summed E-state index contributed by atoms with van der Waals surface area (Å²) in [4.78, 5) is 25.0. The molecule has 1 fully saturated rings. The smallest absolute Gasteiger partial charge is 0.407 e. The third-order valence-corrected chi connectivity index (χ3v) is 3.28. The molecule has 5 heteroatoms. The average Bonchev–Trinajstić information content (AvgIpc) is 3.00. The summed E-state index contributed by atoms with van der Waals surface area (Å²) in [5.74, 6) is 0.103. The van der Waals surface area contributed by atoms with Gasteiger partial charge in [-0.1, -0.05) is 30.3 Å². The molecule has 0 aliphatic carbocycles. The number of alkyl carbamates (subject to hydrolysis) is 1. The summed E-state index contributed by atoms with van der Waals surface area (Å²) < 4.78 is 5.06. The van der Waals surface area contributed by atoms with Gasteiger partial charge in [-0.15, -0.1) is 0 Å². The standard InChI is InChI=1S/C15H20N2O3/c18-14(17-10-4-5-11-17)8-9-16-15(19)20-12-13-6-2-1-3-7-13/h1-3,6-7H,4-5,8-12H2,(H,16,19). The maximum Gasteiger partial charge on any atom is 0.407 e. The van der Waals surface area contributed by atoms with Crippen LogP contribution in [-0.4, -0.2) is 36.5 Å². The van der Waals surface area contributed by atoms with Crippen molar-refractivity contribution < 1.29 is 14.3 Å². The molecule has 1 aromatic rings. The van der Waals surface area contributed by atoms with Gasteiger partial charge in [-0.2, -0.15) is 0 Å². The highest BCUT2D eigenvalue weighted by atomic mass is 16.5. The lowest BCUT2D eigenvalue weighted by molar-refractivity contribution is -0.129. The van der Waals surface area contributed by atoms with Crippen LogP contribution in [0.2, 0.25) is 0 Å². The lowest BCUT2D eigenvalue weighted by Crippen LogP contribution is -2.32. The molecule has 1 N–H and O–H groups in total. The predicted molar refractivity (Wildman–Crippen MR) is 75.1 cm³/mol. The molecule has 0 aromatic heterocycles. The number of benzene rings is 1. The van der Waals surface area contributed by atoms with Gasteiger partial charge in [0, 0.05) is 26.1 Å². The quantitative estimate of drug-likeness (QED) is 0.894. The van der Waals surface area contributed by atoms with Gasteiger partial charge >= 0.3 is 6.09 Å². The molecule has 20 heavy (non-hydrogen) atoms. The highest BCUT2D eigenvalue weighted by Crippen LogP contribution is 2.08. The number of hydrogen-bond acceptors (Lipinski definition) is 3. The SMILES string of the molecule is O=C(NCCC(=O)N1CCCC1)OCc1ccccc1. The summed E-state index contributed by atoms with van der Waals surface area (Å²) >= 11 is 0. The van der Waals surface area contributed by atoms with Gasteiger partial charge in [-0.3, -0.25) is 4.79 Å². The molecule has 0 unspecified atom stereocenters. The molecule has 0 saturated carbocycles. The van der Waals surface area contributed by atoms with Crippen LogP contribution in [0.5, 0.6) is 0 Å². The second-order valence-corrected chi connectivity index (χ2v) is 4.83. The normalized spacial score (nSPS) is 14.1. The Balaban J connectivity index is 1.59. The Labute approximate surface area is 118 Å². The van der Waals surface area contributed by atoms with E-state index < -0.39 is 6.09 Å². The summed E-state index contributed by atoms with van der Waals surface area (Å²) in [6, 6.07) is 9.48. The Kier molecular flexibility index (Phi) is 5.41. The minimum atomic E-state index is -0.483. The topological polar surface area (TPSA) is 58.6 Å². The van der Waals surface area contributed by atoms with Gasteiger partial charge in [0.15, 0.2) is 0 Å². The van der Waals surface area contributed by atoms with Crippen LogP contribution in [0.15, 0.2) is 30.3 Å². The fourth-order valence-corrected chi connectivity index (χ4v) is 2.17. The van der Waals surface area contributed by atoms with Gasteiger partial charge in [0.1, 0.15) is 6.61 Å². The van der Waals surface area contributed by atoms with Crippen molar-refractivity contribution in [3.63, 3.8) is 0 Å². The molecular formula is C15H20N2O3. The van der Waals surface area contributed by atoms with Crippen LogP contribution in [-0.2, 0) is 16.1 Å². The zero-order valence-corrected chi connectivity index (χ0v) is 11.5. The summed E-state index contributed by atoms with van der Waals surface area (Å²) in [7, 11) is 0. The molecular weight excluding hydrogens is 256 g/mol. The first-order chi connectivity index (χ1) is 9.75. The summed E-state index contributed by atoms with van der Waals surface area (Å²) in [6.07, 6.45) is 2.01. The lowest BCUT2D eigenvalue weighted by atomic mass is 10.2. The van der Waals surface area contributed by atoms with Gasteiger partial charge in [0.05, 0.1) is 0 Å². The van der Waals surface area contributed by atoms with Crippen LogP contribution in [0.25, 0.3) is 0 Å². The number of amides is 2. The molecule has 2 rings (SSSR count). The molecule has 0 radical (unpaired) electrons. The van der Waals surface area contributed by atoms with Crippen molar-refractivity contribution >= 4 is 12.0 Å². The van der Waals surface area contributed by atoms with Crippen LogP contribution < -0.4 is 5.32 Å². The monoisotopic (exact) mass is 276 g/mol. The van der Waals surface area contributed by atoms with E-state index in [1.54, 1.807) is 0 Å². The zero-order chi connectivity index (χ0) is 14.2.